The molecule has 1 aliphatic carbocycles. The van der Waals surface area contributed by atoms with Crippen LogP contribution in [-0.4, -0.2) is 77.7 Å². The number of likely N-dealkylation sites (N-methyl/N-ethyl adjacent to an activating group) is 1. The maximum atomic E-state index is 13.6. The first-order valence-corrected chi connectivity index (χ1v) is 12.8. The number of amides is 2. The Balaban J connectivity index is 1.64. The quantitative estimate of drug-likeness (QED) is 0.607. The summed E-state index contributed by atoms with van der Waals surface area (Å²) in [5.41, 5.74) is 1.64. The number of carbonyl (C=O) groups excluding carboxylic acids is 2. The number of benzene rings is 1. The number of aliphatic hydroxyl groups is 1. The Bertz CT molecular complexity index is 1200. The topological polar surface area (TPSA) is 92.2 Å². The van der Waals surface area contributed by atoms with Crippen LogP contribution in [0.5, 0.6) is 11.6 Å². The van der Waals surface area contributed by atoms with E-state index in [2.05, 4.69) is 16.8 Å². The third-order valence-electron chi connectivity index (χ3n) is 7.23. The summed E-state index contributed by atoms with van der Waals surface area (Å²) >= 11 is 0. The number of nitrogens with zero attached hydrogens (tertiary/aromatic N) is 3. The van der Waals surface area contributed by atoms with Crippen LogP contribution in [0.1, 0.15) is 54.6 Å². The molecule has 196 valence electrons. The van der Waals surface area contributed by atoms with Crippen LogP contribution in [0.25, 0.3) is 0 Å². The summed E-state index contributed by atoms with van der Waals surface area (Å²) in [5, 5.41) is 9.86. The van der Waals surface area contributed by atoms with Gasteiger partial charge in [0.25, 0.3) is 5.91 Å². The molecular formula is C29H35N3O5. The fraction of sp³-hybridized carbons (Fsp3) is 0.483. The van der Waals surface area contributed by atoms with E-state index in [1.54, 1.807) is 36.2 Å². The molecule has 1 aromatic carbocycles. The molecule has 1 saturated carbocycles. The predicted octanol–water partition coefficient (Wildman–Crippen LogP) is 2.97. The number of hydrogen-bond acceptors (Lipinski definition) is 6. The van der Waals surface area contributed by atoms with Crippen molar-refractivity contribution in [1.29, 1.82) is 0 Å². The van der Waals surface area contributed by atoms with Gasteiger partial charge >= 0.3 is 0 Å². The first-order chi connectivity index (χ1) is 17.8. The summed E-state index contributed by atoms with van der Waals surface area (Å²) in [7, 11) is 3.41. The SMILES string of the molecule is COc1cccc(C#Cc2cnc3c(c2)C(=O)N([C@@H](C)CO)C[C@H](C)[C@@H](CN(C)C(=O)C2CCC2)O3)c1. The molecule has 2 heterocycles. The van der Waals surface area contributed by atoms with Crippen molar-refractivity contribution >= 4 is 11.8 Å². The van der Waals surface area contributed by atoms with Gasteiger partial charge in [0.1, 0.15) is 17.4 Å². The standard InChI is InChI=1S/C29H35N3O5/c1-19-16-32(20(2)18-33)29(35)25-14-22(12-11-21-7-5-10-24(13-21)36-4)15-30-27(25)37-26(19)17-31(3)28(34)23-8-6-9-23/h5,7,10,13-15,19-20,23,26,33H,6,8-9,16-18H2,1-4H3/t19-,20-,26+/m0/s1. The highest BCUT2D eigenvalue weighted by Gasteiger charge is 2.36. The lowest BCUT2D eigenvalue weighted by Gasteiger charge is -2.38. The minimum absolute atomic E-state index is 0.0860. The molecule has 1 N–H and O–H groups in total. The van der Waals surface area contributed by atoms with Crippen molar-refractivity contribution in [2.45, 2.75) is 45.3 Å². The molecule has 1 fully saturated rings. The third-order valence-corrected chi connectivity index (χ3v) is 7.23. The van der Waals surface area contributed by atoms with Crippen LogP contribution in [-0.2, 0) is 4.79 Å². The molecule has 0 radical (unpaired) electrons. The Labute approximate surface area is 218 Å². The number of aromatic nitrogens is 1. The summed E-state index contributed by atoms with van der Waals surface area (Å²) in [5.74, 6) is 6.96. The van der Waals surface area contributed by atoms with Crippen molar-refractivity contribution in [3.05, 3.63) is 53.2 Å². The lowest BCUT2D eigenvalue weighted by Crippen LogP contribution is -2.51. The van der Waals surface area contributed by atoms with Gasteiger partial charge in [-0.05, 0) is 44.0 Å². The molecule has 2 aliphatic rings. The summed E-state index contributed by atoms with van der Waals surface area (Å²) in [6.45, 7) is 4.42. The fourth-order valence-electron chi connectivity index (χ4n) is 4.56. The zero-order chi connectivity index (χ0) is 26.5. The van der Waals surface area contributed by atoms with Crippen LogP contribution >= 0.6 is 0 Å². The van der Waals surface area contributed by atoms with Gasteiger partial charge in [0.05, 0.1) is 26.3 Å². The van der Waals surface area contributed by atoms with E-state index in [1.165, 1.54) is 0 Å². The predicted molar refractivity (Wildman–Crippen MR) is 139 cm³/mol. The van der Waals surface area contributed by atoms with Gasteiger partial charge in [-0.3, -0.25) is 9.59 Å². The first-order valence-electron chi connectivity index (χ1n) is 12.8. The number of pyridine rings is 1. The number of methoxy groups -OCH3 is 1. The molecule has 2 amide bonds. The maximum absolute atomic E-state index is 13.6. The Kier molecular flexibility index (Phi) is 8.34. The molecular weight excluding hydrogens is 470 g/mol. The molecule has 8 heteroatoms. The van der Waals surface area contributed by atoms with E-state index in [1.807, 2.05) is 38.1 Å². The molecule has 8 nitrogen and oxygen atoms in total. The minimum atomic E-state index is -0.387. The van der Waals surface area contributed by atoms with E-state index in [0.717, 1.165) is 24.8 Å². The Morgan fingerprint density at radius 2 is 2.05 bits per heavy atom. The van der Waals surface area contributed by atoms with Crippen LogP contribution in [0.4, 0.5) is 0 Å². The number of aliphatic hydroxyl groups excluding tert-OH is 1. The van der Waals surface area contributed by atoms with Crippen molar-refractivity contribution in [2.24, 2.45) is 11.8 Å². The number of rotatable bonds is 6. The average molecular weight is 506 g/mol. The smallest absolute Gasteiger partial charge is 0.259 e. The highest BCUT2D eigenvalue weighted by atomic mass is 16.5. The van der Waals surface area contributed by atoms with Gasteiger partial charge in [-0.15, -0.1) is 0 Å². The number of hydrogen-bond donors (Lipinski definition) is 1. The third kappa shape index (κ3) is 6.05. The van der Waals surface area contributed by atoms with E-state index in [-0.39, 0.29) is 48.3 Å². The number of fused-ring (bicyclic) bond motifs is 1. The highest BCUT2D eigenvalue weighted by Crippen LogP contribution is 2.30. The highest BCUT2D eigenvalue weighted by molar-refractivity contribution is 5.97. The number of carbonyl (C=O) groups is 2. The molecule has 0 unspecified atom stereocenters. The summed E-state index contributed by atoms with van der Waals surface area (Å²) in [4.78, 5) is 34.2. The van der Waals surface area contributed by atoms with Crippen LogP contribution in [0.15, 0.2) is 36.5 Å². The Morgan fingerprint density at radius 1 is 1.30 bits per heavy atom. The first kappa shape index (κ1) is 26.5. The van der Waals surface area contributed by atoms with Crippen LogP contribution < -0.4 is 9.47 Å². The Morgan fingerprint density at radius 3 is 2.73 bits per heavy atom. The minimum Gasteiger partial charge on any atom is -0.497 e. The van der Waals surface area contributed by atoms with Gasteiger partial charge < -0.3 is 24.4 Å². The zero-order valence-electron chi connectivity index (χ0n) is 21.9. The maximum Gasteiger partial charge on any atom is 0.259 e. The molecule has 1 aromatic heterocycles. The van der Waals surface area contributed by atoms with Gasteiger partial charge in [-0.1, -0.05) is 31.3 Å². The zero-order valence-corrected chi connectivity index (χ0v) is 21.9. The molecule has 0 bridgehead atoms. The van der Waals surface area contributed by atoms with Crippen molar-refractivity contribution in [3.63, 3.8) is 0 Å². The van der Waals surface area contributed by atoms with Crippen molar-refractivity contribution < 1.29 is 24.2 Å². The molecule has 37 heavy (non-hydrogen) atoms. The second-order valence-corrected chi connectivity index (χ2v) is 10.0. The second kappa shape index (κ2) is 11.7. The van der Waals surface area contributed by atoms with Gasteiger partial charge in [0, 0.05) is 42.8 Å². The van der Waals surface area contributed by atoms with Crippen LogP contribution in [0.3, 0.4) is 0 Å². The van der Waals surface area contributed by atoms with Crippen molar-refractivity contribution in [1.82, 2.24) is 14.8 Å². The van der Waals surface area contributed by atoms with Crippen molar-refractivity contribution in [2.75, 3.05) is 33.9 Å². The van der Waals surface area contributed by atoms with Gasteiger partial charge in [0.2, 0.25) is 11.8 Å². The molecule has 0 spiro atoms. The Hall–Kier alpha value is -3.57. The van der Waals surface area contributed by atoms with E-state index in [4.69, 9.17) is 9.47 Å². The molecule has 4 rings (SSSR count). The van der Waals surface area contributed by atoms with Gasteiger partial charge in [-0.25, -0.2) is 4.98 Å². The average Bonchev–Trinajstić information content (AvgIpc) is 2.88. The van der Waals surface area contributed by atoms with E-state index in [0.29, 0.717) is 30.0 Å². The molecule has 3 atom stereocenters. The summed E-state index contributed by atoms with van der Waals surface area (Å²) in [6, 6.07) is 8.72. The lowest BCUT2D eigenvalue weighted by molar-refractivity contribution is -0.138. The lowest BCUT2D eigenvalue weighted by atomic mass is 9.84. The summed E-state index contributed by atoms with van der Waals surface area (Å²) in [6.07, 6.45) is 4.19. The number of ether oxygens (including phenoxy) is 2. The largest absolute Gasteiger partial charge is 0.497 e. The van der Waals surface area contributed by atoms with Crippen LogP contribution in [0.2, 0.25) is 0 Å². The van der Waals surface area contributed by atoms with Crippen molar-refractivity contribution in [3.8, 4) is 23.5 Å². The molecule has 2 aromatic rings. The van der Waals surface area contributed by atoms with Gasteiger partial charge in [0.15, 0.2) is 0 Å². The van der Waals surface area contributed by atoms with E-state index >= 15 is 0 Å². The fourth-order valence-corrected chi connectivity index (χ4v) is 4.56. The summed E-state index contributed by atoms with van der Waals surface area (Å²) < 4.78 is 11.6. The van der Waals surface area contributed by atoms with E-state index < -0.39 is 0 Å². The normalized spacial score (nSPS) is 20.2. The molecule has 1 aliphatic heterocycles. The van der Waals surface area contributed by atoms with Gasteiger partial charge in [-0.2, -0.15) is 0 Å². The van der Waals surface area contributed by atoms with Crippen LogP contribution in [0, 0.1) is 23.7 Å². The van der Waals surface area contributed by atoms with E-state index in [9.17, 15) is 14.7 Å². The monoisotopic (exact) mass is 505 g/mol. The second-order valence-electron chi connectivity index (χ2n) is 10.0. The molecule has 0 saturated heterocycles.